The van der Waals surface area contributed by atoms with E-state index in [1.807, 2.05) is 4.90 Å². The van der Waals surface area contributed by atoms with Crippen LogP contribution in [-0.2, 0) is 0 Å². The maximum Gasteiger partial charge on any atom is 0.274 e. The van der Waals surface area contributed by atoms with E-state index in [1.54, 1.807) is 24.4 Å². The van der Waals surface area contributed by atoms with Gasteiger partial charge in [-0.15, -0.1) is 0 Å². The minimum Gasteiger partial charge on any atom is -0.336 e. The predicted molar refractivity (Wildman–Crippen MR) is 90.7 cm³/mol. The van der Waals surface area contributed by atoms with Crippen LogP contribution in [0.4, 0.5) is 5.69 Å². The maximum atomic E-state index is 12.8. The summed E-state index contributed by atoms with van der Waals surface area (Å²) in [5.74, 6) is -0.0847. The van der Waals surface area contributed by atoms with E-state index >= 15 is 0 Å². The van der Waals surface area contributed by atoms with Crippen LogP contribution in [0.15, 0.2) is 36.5 Å². The van der Waals surface area contributed by atoms with Gasteiger partial charge in [0.1, 0.15) is 0 Å². The molecule has 0 spiro atoms. The number of nitrogens with zero attached hydrogens (tertiary/aromatic N) is 4. The zero-order valence-corrected chi connectivity index (χ0v) is 13.7. The van der Waals surface area contributed by atoms with E-state index in [2.05, 4.69) is 10.4 Å². The quantitative estimate of drug-likeness (QED) is 0.678. The maximum absolute atomic E-state index is 12.8. The Balaban J connectivity index is 1.53. The molecular formula is C17H19N5O3. The van der Waals surface area contributed by atoms with Crippen LogP contribution in [0.1, 0.15) is 29.8 Å². The van der Waals surface area contributed by atoms with Gasteiger partial charge >= 0.3 is 0 Å². The van der Waals surface area contributed by atoms with Crippen LogP contribution < -0.4 is 5.32 Å². The first-order valence-electron chi connectivity index (χ1n) is 8.46. The molecule has 2 bridgehead atoms. The number of likely N-dealkylation sites (tertiary alicyclic amines) is 1. The molecule has 2 unspecified atom stereocenters. The van der Waals surface area contributed by atoms with Crippen molar-refractivity contribution in [1.82, 2.24) is 20.0 Å². The van der Waals surface area contributed by atoms with Gasteiger partial charge in [0.15, 0.2) is 5.69 Å². The van der Waals surface area contributed by atoms with Crippen LogP contribution in [0.5, 0.6) is 0 Å². The summed E-state index contributed by atoms with van der Waals surface area (Å²) < 4.78 is 1.50. The Morgan fingerprint density at radius 1 is 1.24 bits per heavy atom. The van der Waals surface area contributed by atoms with Crippen molar-refractivity contribution in [3.63, 3.8) is 0 Å². The van der Waals surface area contributed by atoms with E-state index < -0.39 is 4.92 Å². The summed E-state index contributed by atoms with van der Waals surface area (Å²) in [5, 5.41) is 18.8. The van der Waals surface area contributed by atoms with Crippen molar-refractivity contribution < 1.29 is 9.72 Å². The Morgan fingerprint density at radius 2 is 2.08 bits per heavy atom. The standard InChI is InChI=1S/C17H19N5O3/c23-17(20-8-6-12-4-5-13(11-20)18-12)16-7-9-21(19-16)14-2-1-3-15(10-14)22(24)25/h1-3,7,9-10,12-13,18H,4-6,8,11H2. The predicted octanol–water partition coefficient (Wildman–Crippen LogP) is 1.75. The zero-order valence-electron chi connectivity index (χ0n) is 13.7. The van der Waals surface area contributed by atoms with Gasteiger partial charge in [-0.3, -0.25) is 14.9 Å². The smallest absolute Gasteiger partial charge is 0.274 e. The Bertz CT molecular complexity index is 818. The van der Waals surface area contributed by atoms with Crippen LogP contribution >= 0.6 is 0 Å². The van der Waals surface area contributed by atoms with Crippen LogP contribution in [0.25, 0.3) is 5.69 Å². The Kier molecular flexibility index (Phi) is 3.96. The average molecular weight is 341 g/mol. The van der Waals surface area contributed by atoms with E-state index in [-0.39, 0.29) is 11.6 Å². The summed E-state index contributed by atoms with van der Waals surface area (Å²) in [6, 6.07) is 8.75. The average Bonchev–Trinajstić information content (AvgIpc) is 3.21. The fraction of sp³-hybridized carbons (Fsp3) is 0.412. The molecule has 1 aromatic carbocycles. The van der Waals surface area contributed by atoms with Crippen LogP contribution in [-0.4, -0.2) is 50.7 Å². The van der Waals surface area contributed by atoms with E-state index in [4.69, 9.17) is 0 Å². The molecule has 3 heterocycles. The number of carbonyl (C=O) groups is 1. The number of nitro groups is 1. The van der Waals surface area contributed by atoms with Gasteiger partial charge in [0.25, 0.3) is 11.6 Å². The molecule has 2 aromatic rings. The summed E-state index contributed by atoms with van der Waals surface area (Å²) in [6.45, 7) is 1.44. The van der Waals surface area contributed by atoms with Crippen molar-refractivity contribution >= 4 is 11.6 Å². The number of rotatable bonds is 3. The monoisotopic (exact) mass is 341 g/mol. The van der Waals surface area contributed by atoms with Crippen LogP contribution in [0.3, 0.4) is 0 Å². The summed E-state index contributed by atoms with van der Waals surface area (Å²) in [5.41, 5.74) is 0.921. The molecule has 2 aliphatic heterocycles. The summed E-state index contributed by atoms with van der Waals surface area (Å²) in [4.78, 5) is 25.1. The van der Waals surface area contributed by atoms with Gasteiger partial charge in [0.2, 0.25) is 0 Å². The van der Waals surface area contributed by atoms with Crippen molar-refractivity contribution in [3.8, 4) is 5.69 Å². The topological polar surface area (TPSA) is 93.3 Å². The van der Waals surface area contributed by atoms with Gasteiger partial charge in [0.05, 0.1) is 10.6 Å². The lowest BCUT2D eigenvalue weighted by molar-refractivity contribution is -0.384. The molecule has 8 heteroatoms. The SMILES string of the molecule is O=C(c1ccn(-c2cccc([N+](=O)[O-])c2)n1)N1CCC2CCC(C1)N2. The van der Waals surface area contributed by atoms with Crippen molar-refractivity contribution in [3.05, 3.63) is 52.3 Å². The summed E-state index contributed by atoms with van der Waals surface area (Å²) in [7, 11) is 0. The normalized spacial score (nSPS) is 22.6. The number of hydrogen-bond donors (Lipinski definition) is 1. The van der Waals surface area contributed by atoms with E-state index in [0.29, 0.717) is 30.0 Å². The fourth-order valence-corrected chi connectivity index (χ4v) is 3.62. The third-order valence-corrected chi connectivity index (χ3v) is 4.92. The molecule has 130 valence electrons. The highest BCUT2D eigenvalue weighted by Crippen LogP contribution is 2.22. The van der Waals surface area contributed by atoms with Gasteiger partial charge in [-0.2, -0.15) is 5.10 Å². The number of amides is 1. The van der Waals surface area contributed by atoms with E-state index in [9.17, 15) is 14.9 Å². The number of nitrogens with one attached hydrogen (secondary N) is 1. The van der Waals surface area contributed by atoms with Crippen molar-refractivity contribution in [2.24, 2.45) is 0 Å². The number of aromatic nitrogens is 2. The van der Waals surface area contributed by atoms with Gasteiger partial charge in [-0.05, 0) is 31.4 Å². The second-order valence-electron chi connectivity index (χ2n) is 6.60. The molecule has 2 aliphatic rings. The third kappa shape index (κ3) is 3.12. The summed E-state index contributed by atoms with van der Waals surface area (Å²) in [6.07, 6.45) is 4.92. The van der Waals surface area contributed by atoms with E-state index in [0.717, 1.165) is 19.4 Å². The largest absolute Gasteiger partial charge is 0.336 e. The van der Waals surface area contributed by atoms with Gasteiger partial charge in [0, 0.05) is 43.5 Å². The zero-order chi connectivity index (χ0) is 17.4. The molecule has 0 radical (unpaired) electrons. The number of nitro benzene ring substituents is 1. The van der Waals surface area contributed by atoms with Crippen molar-refractivity contribution in [2.75, 3.05) is 13.1 Å². The molecule has 2 fully saturated rings. The number of hydrogen-bond acceptors (Lipinski definition) is 5. The third-order valence-electron chi connectivity index (χ3n) is 4.92. The molecule has 2 atom stereocenters. The second-order valence-corrected chi connectivity index (χ2v) is 6.60. The number of fused-ring (bicyclic) bond motifs is 2. The van der Waals surface area contributed by atoms with Crippen molar-refractivity contribution in [1.29, 1.82) is 0 Å². The molecule has 8 nitrogen and oxygen atoms in total. The van der Waals surface area contributed by atoms with Gasteiger partial charge in [-0.1, -0.05) is 6.07 Å². The van der Waals surface area contributed by atoms with E-state index in [1.165, 1.54) is 23.2 Å². The van der Waals surface area contributed by atoms with Crippen molar-refractivity contribution in [2.45, 2.75) is 31.3 Å². The van der Waals surface area contributed by atoms with Gasteiger partial charge < -0.3 is 10.2 Å². The molecule has 2 saturated heterocycles. The molecule has 0 aliphatic carbocycles. The van der Waals surface area contributed by atoms with Crippen LogP contribution in [0, 0.1) is 10.1 Å². The number of benzene rings is 1. The van der Waals surface area contributed by atoms with Crippen LogP contribution in [0.2, 0.25) is 0 Å². The molecule has 4 rings (SSSR count). The lowest BCUT2D eigenvalue weighted by Crippen LogP contribution is -2.39. The first kappa shape index (κ1) is 15.8. The molecule has 1 aromatic heterocycles. The minimum atomic E-state index is -0.446. The molecular weight excluding hydrogens is 322 g/mol. The highest BCUT2D eigenvalue weighted by atomic mass is 16.6. The fourth-order valence-electron chi connectivity index (χ4n) is 3.62. The lowest BCUT2D eigenvalue weighted by Gasteiger charge is -2.23. The number of carbonyl (C=O) groups excluding carboxylic acids is 1. The molecule has 1 amide bonds. The number of non-ortho nitro benzene ring substituents is 1. The first-order chi connectivity index (χ1) is 12.1. The Hall–Kier alpha value is -2.74. The second kappa shape index (κ2) is 6.29. The Labute approximate surface area is 144 Å². The first-order valence-corrected chi connectivity index (χ1v) is 8.46. The molecule has 1 N–H and O–H groups in total. The minimum absolute atomic E-state index is 0.00417. The highest BCUT2D eigenvalue weighted by Gasteiger charge is 2.32. The lowest BCUT2D eigenvalue weighted by atomic mass is 10.1. The van der Waals surface area contributed by atoms with Gasteiger partial charge in [-0.25, -0.2) is 4.68 Å². The highest BCUT2D eigenvalue weighted by molar-refractivity contribution is 5.92. The molecule has 25 heavy (non-hydrogen) atoms. The molecule has 0 saturated carbocycles. The Morgan fingerprint density at radius 3 is 2.92 bits per heavy atom. The summed E-state index contributed by atoms with van der Waals surface area (Å²) >= 11 is 0.